The third-order valence-corrected chi connectivity index (χ3v) is 4.01. The Morgan fingerprint density at radius 2 is 2.12 bits per heavy atom. The lowest BCUT2D eigenvalue weighted by Crippen LogP contribution is -2.46. The maximum absolute atomic E-state index is 12.1. The molecule has 1 atom stereocenters. The van der Waals surface area contributed by atoms with Crippen LogP contribution in [0.2, 0.25) is 0 Å². The first-order valence-electron chi connectivity index (χ1n) is 8.24. The van der Waals surface area contributed by atoms with Crippen LogP contribution >= 0.6 is 0 Å². The van der Waals surface area contributed by atoms with Crippen molar-refractivity contribution in [3.05, 3.63) is 53.9 Å². The molecule has 3 rings (SSSR count). The topological polar surface area (TPSA) is 73.7 Å². The van der Waals surface area contributed by atoms with Gasteiger partial charge in [-0.25, -0.2) is 4.79 Å². The van der Waals surface area contributed by atoms with Gasteiger partial charge in [0, 0.05) is 25.5 Å². The molecule has 0 bridgehead atoms. The zero-order valence-corrected chi connectivity index (χ0v) is 14.1. The van der Waals surface area contributed by atoms with E-state index >= 15 is 0 Å². The zero-order chi connectivity index (χ0) is 17.6. The number of rotatable bonds is 5. The van der Waals surface area contributed by atoms with Crippen molar-refractivity contribution in [2.24, 2.45) is 0 Å². The van der Waals surface area contributed by atoms with E-state index in [0.717, 1.165) is 5.56 Å². The Hall–Kier alpha value is -2.67. The molecule has 132 valence electrons. The van der Waals surface area contributed by atoms with E-state index in [-0.39, 0.29) is 18.6 Å². The summed E-state index contributed by atoms with van der Waals surface area (Å²) in [5.41, 5.74) is 1.45. The number of carbonyl (C=O) groups excluding carboxylic acids is 2. The summed E-state index contributed by atoms with van der Waals surface area (Å²) >= 11 is 0. The number of carbonyl (C=O) groups is 2. The Kier molecular flexibility index (Phi) is 5.45. The molecule has 0 radical (unpaired) electrons. The number of aromatic nitrogens is 2. The van der Waals surface area contributed by atoms with E-state index in [2.05, 4.69) is 5.10 Å². The van der Waals surface area contributed by atoms with E-state index in [9.17, 15) is 9.59 Å². The summed E-state index contributed by atoms with van der Waals surface area (Å²) < 4.78 is 12.3. The summed E-state index contributed by atoms with van der Waals surface area (Å²) in [5, 5.41) is 4.14. The van der Waals surface area contributed by atoms with E-state index in [0.29, 0.717) is 31.8 Å². The van der Waals surface area contributed by atoms with Crippen molar-refractivity contribution in [2.45, 2.75) is 19.6 Å². The second-order valence-electron chi connectivity index (χ2n) is 6.00. The van der Waals surface area contributed by atoms with Crippen LogP contribution < -0.4 is 0 Å². The number of benzene rings is 1. The maximum atomic E-state index is 12.1. The predicted molar refractivity (Wildman–Crippen MR) is 90.0 cm³/mol. The number of hydrogen-bond donors (Lipinski definition) is 0. The molecule has 0 aliphatic carbocycles. The summed E-state index contributed by atoms with van der Waals surface area (Å²) in [4.78, 5) is 25.8. The van der Waals surface area contributed by atoms with Gasteiger partial charge >= 0.3 is 5.97 Å². The Morgan fingerprint density at radius 1 is 1.32 bits per heavy atom. The van der Waals surface area contributed by atoms with E-state index in [1.54, 1.807) is 27.9 Å². The van der Waals surface area contributed by atoms with Crippen molar-refractivity contribution >= 4 is 11.9 Å². The van der Waals surface area contributed by atoms with Crippen LogP contribution in [0.25, 0.3) is 0 Å². The van der Waals surface area contributed by atoms with Crippen LogP contribution in [0.1, 0.15) is 22.8 Å². The molecule has 0 spiro atoms. The molecule has 7 heteroatoms. The van der Waals surface area contributed by atoms with Gasteiger partial charge in [-0.15, -0.1) is 0 Å². The van der Waals surface area contributed by atoms with Crippen molar-refractivity contribution in [1.82, 2.24) is 14.7 Å². The smallest absolute Gasteiger partial charge is 0.338 e. The van der Waals surface area contributed by atoms with Crippen LogP contribution in [0.3, 0.4) is 0 Å². The van der Waals surface area contributed by atoms with Gasteiger partial charge in [0.15, 0.2) is 6.61 Å². The highest BCUT2D eigenvalue weighted by molar-refractivity contribution is 5.91. The number of nitrogens with zero attached hydrogens (tertiary/aromatic N) is 3. The molecule has 1 aliphatic rings. The normalized spacial score (nSPS) is 17.3. The van der Waals surface area contributed by atoms with Crippen molar-refractivity contribution in [2.75, 3.05) is 26.3 Å². The maximum Gasteiger partial charge on any atom is 0.338 e. The lowest BCUT2D eigenvalue weighted by molar-refractivity contribution is -0.141. The molecule has 0 saturated carbocycles. The van der Waals surface area contributed by atoms with Gasteiger partial charge in [0.25, 0.3) is 5.91 Å². The number of hydrogen-bond acceptors (Lipinski definition) is 5. The standard InChI is InChI=1S/C18H21N3O4/c1-14-11-20(9-10-24-14)17(22)13-25-18(23)16-5-3-15(4-6-16)12-21-8-2-7-19-21/h2-8,14H,9-13H2,1H3. The van der Waals surface area contributed by atoms with E-state index in [1.807, 2.05) is 31.3 Å². The van der Waals surface area contributed by atoms with E-state index in [1.165, 1.54) is 0 Å². The summed E-state index contributed by atoms with van der Waals surface area (Å²) in [6.07, 6.45) is 3.61. The fourth-order valence-electron chi connectivity index (χ4n) is 2.67. The summed E-state index contributed by atoms with van der Waals surface area (Å²) in [6, 6.07) is 8.95. The van der Waals surface area contributed by atoms with Crippen molar-refractivity contribution < 1.29 is 19.1 Å². The van der Waals surface area contributed by atoms with E-state index < -0.39 is 5.97 Å². The van der Waals surface area contributed by atoms with Crippen molar-refractivity contribution in [3.8, 4) is 0 Å². The zero-order valence-electron chi connectivity index (χ0n) is 14.1. The first-order valence-corrected chi connectivity index (χ1v) is 8.24. The largest absolute Gasteiger partial charge is 0.452 e. The Labute approximate surface area is 146 Å². The van der Waals surface area contributed by atoms with Gasteiger partial charge in [-0.1, -0.05) is 12.1 Å². The minimum absolute atomic E-state index is 0.00994. The second kappa shape index (κ2) is 7.94. The molecule has 1 aromatic heterocycles. The van der Waals surface area contributed by atoms with Gasteiger partial charge < -0.3 is 14.4 Å². The number of ether oxygens (including phenoxy) is 2. The Balaban J connectivity index is 1.50. The van der Waals surface area contributed by atoms with Gasteiger partial charge in [-0.3, -0.25) is 9.48 Å². The molecule has 1 amide bonds. The van der Waals surface area contributed by atoms with Crippen LogP contribution in [0.15, 0.2) is 42.7 Å². The highest BCUT2D eigenvalue weighted by Gasteiger charge is 2.22. The molecular weight excluding hydrogens is 322 g/mol. The average molecular weight is 343 g/mol. The van der Waals surface area contributed by atoms with Crippen LogP contribution in [-0.2, 0) is 20.8 Å². The molecule has 1 unspecified atom stereocenters. The molecule has 2 heterocycles. The Morgan fingerprint density at radius 3 is 2.80 bits per heavy atom. The molecule has 1 aliphatic heterocycles. The monoisotopic (exact) mass is 343 g/mol. The highest BCUT2D eigenvalue weighted by atomic mass is 16.5. The van der Waals surface area contributed by atoms with Crippen LogP contribution in [0, 0.1) is 0 Å². The van der Waals surface area contributed by atoms with E-state index in [4.69, 9.17) is 9.47 Å². The molecule has 7 nitrogen and oxygen atoms in total. The SMILES string of the molecule is CC1CN(C(=O)COC(=O)c2ccc(Cn3cccn3)cc2)CCO1. The Bertz CT molecular complexity index is 712. The lowest BCUT2D eigenvalue weighted by Gasteiger charge is -2.30. The molecule has 25 heavy (non-hydrogen) atoms. The molecule has 1 saturated heterocycles. The lowest BCUT2D eigenvalue weighted by atomic mass is 10.1. The molecular formula is C18H21N3O4. The van der Waals surface area contributed by atoms with Gasteiger partial charge in [-0.2, -0.15) is 5.10 Å². The highest BCUT2D eigenvalue weighted by Crippen LogP contribution is 2.09. The molecule has 0 N–H and O–H groups in total. The van der Waals surface area contributed by atoms with Crippen LogP contribution in [0.4, 0.5) is 0 Å². The van der Waals surface area contributed by atoms with Crippen LogP contribution in [-0.4, -0.2) is 59.0 Å². The molecule has 1 fully saturated rings. The first kappa shape index (κ1) is 17.2. The fourth-order valence-corrected chi connectivity index (χ4v) is 2.67. The van der Waals surface area contributed by atoms with Gasteiger partial charge in [0.05, 0.1) is 24.8 Å². The first-order chi connectivity index (χ1) is 12.1. The summed E-state index contributed by atoms with van der Waals surface area (Å²) in [7, 11) is 0. The summed E-state index contributed by atoms with van der Waals surface area (Å²) in [6.45, 7) is 3.87. The number of morpholine rings is 1. The van der Waals surface area contributed by atoms with Crippen LogP contribution in [0.5, 0.6) is 0 Å². The van der Waals surface area contributed by atoms with Crippen molar-refractivity contribution in [3.63, 3.8) is 0 Å². The average Bonchev–Trinajstić information content (AvgIpc) is 3.13. The van der Waals surface area contributed by atoms with Gasteiger partial charge in [-0.05, 0) is 30.7 Å². The summed E-state index contributed by atoms with van der Waals surface area (Å²) in [5.74, 6) is -0.695. The van der Waals surface area contributed by atoms with Gasteiger partial charge in [0.2, 0.25) is 0 Å². The number of esters is 1. The minimum Gasteiger partial charge on any atom is -0.452 e. The van der Waals surface area contributed by atoms with Crippen molar-refractivity contribution in [1.29, 1.82) is 0 Å². The van der Waals surface area contributed by atoms with Gasteiger partial charge in [0.1, 0.15) is 0 Å². The molecule has 1 aromatic carbocycles. The third kappa shape index (κ3) is 4.67. The fraction of sp³-hybridized carbons (Fsp3) is 0.389. The molecule has 2 aromatic rings. The number of amides is 1. The predicted octanol–water partition coefficient (Wildman–Crippen LogP) is 1.34. The minimum atomic E-state index is -0.500. The third-order valence-electron chi connectivity index (χ3n) is 4.01. The quantitative estimate of drug-likeness (QED) is 0.766. The second-order valence-corrected chi connectivity index (χ2v) is 6.00.